The minimum atomic E-state index is 0.412. The molecule has 0 unspecified atom stereocenters. The number of nitrogens with zero attached hydrogens (tertiary/aromatic N) is 4. The van der Waals surface area contributed by atoms with Gasteiger partial charge < -0.3 is 5.73 Å². The van der Waals surface area contributed by atoms with Gasteiger partial charge in [0.1, 0.15) is 11.5 Å². The highest BCUT2D eigenvalue weighted by Crippen LogP contribution is 2.21. The standard InChI is InChI=1S/C14H11N5/c15-13-8-11(10-4-2-1-3-5-10)18-14(19-13)12-9-16-6-7-17-12/h1-9H,(H2,15,18,19). The van der Waals surface area contributed by atoms with Crippen molar-refractivity contribution in [1.29, 1.82) is 0 Å². The van der Waals surface area contributed by atoms with E-state index >= 15 is 0 Å². The number of nitrogen functional groups attached to an aromatic ring is 1. The van der Waals surface area contributed by atoms with E-state index in [1.54, 1.807) is 24.7 Å². The molecule has 0 bridgehead atoms. The summed E-state index contributed by atoms with van der Waals surface area (Å²) in [7, 11) is 0. The average Bonchev–Trinajstić information content (AvgIpc) is 2.48. The lowest BCUT2D eigenvalue weighted by atomic mass is 10.1. The lowest BCUT2D eigenvalue weighted by Crippen LogP contribution is -1.99. The van der Waals surface area contributed by atoms with E-state index in [2.05, 4.69) is 19.9 Å². The third-order valence-corrected chi connectivity index (χ3v) is 2.61. The van der Waals surface area contributed by atoms with Crippen LogP contribution in [0.4, 0.5) is 5.82 Å². The SMILES string of the molecule is Nc1cc(-c2ccccc2)nc(-c2cnccn2)n1. The van der Waals surface area contributed by atoms with Crippen LogP contribution in [0.25, 0.3) is 22.8 Å². The van der Waals surface area contributed by atoms with E-state index in [-0.39, 0.29) is 0 Å². The van der Waals surface area contributed by atoms with Crippen molar-refractivity contribution < 1.29 is 0 Å². The van der Waals surface area contributed by atoms with Crippen LogP contribution in [0.5, 0.6) is 0 Å². The van der Waals surface area contributed by atoms with E-state index in [9.17, 15) is 0 Å². The van der Waals surface area contributed by atoms with Gasteiger partial charge in [0.05, 0.1) is 11.9 Å². The zero-order chi connectivity index (χ0) is 13.1. The molecule has 92 valence electrons. The molecule has 0 atom stereocenters. The fourth-order valence-corrected chi connectivity index (χ4v) is 1.75. The van der Waals surface area contributed by atoms with Crippen LogP contribution in [0.15, 0.2) is 55.0 Å². The third kappa shape index (κ3) is 2.40. The fourth-order valence-electron chi connectivity index (χ4n) is 1.75. The second kappa shape index (κ2) is 4.81. The first-order chi connectivity index (χ1) is 9.33. The van der Waals surface area contributed by atoms with E-state index in [4.69, 9.17) is 5.73 Å². The van der Waals surface area contributed by atoms with E-state index in [0.717, 1.165) is 11.3 Å². The monoisotopic (exact) mass is 249 g/mol. The predicted molar refractivity (Wildman–Crippen MR) is 72.9 cm³/mol. The number of benzene rings is 1. The van der Waals surface area contributed by atoms with Crippen molar-refractivity contribution in [1.82, 2.24) is 19.9 Å². The van der Waals surface area contributed by atoms with Crippen molar-refractivity contribution in [3.05, 3.63) is 55.0 Å². The number of hydrogen-bond acceptors (Lipinski definition) is 5. The van der Waals surface area contributed by atoms with Gasteiger partial charge in [-0.1, -0.05) is 30.3 Å². The Hall–Kier alpha value is -2.82. The van der Waals surface area contributed by atoms with Crippen molar-refractivity contribution in [3.8, 4) is 22.8 Å². The first kappa shape index (κ1) is 11.3. The maximum atomic E-state index is 5.83. The van der Waals surface area contributed by atoms with Crippen molar-refractivity contribution in [2.75, 3.05) is 5.73 Å². The van der Waals surface area contributed by atoms with Gasteiger partial charge in [-0.3, -0.25) is 4.98 Å². The van der Waals surface area contributed by atoms with Gasteiger partial charge in [0, 0.05) is 24.0 Å². The molecule has 5 heteroatoms. The van der Waals surface area contributed by atoms with E-state index in [1.807, 2.05) is 30.3 Å². The molecular weight excluding hydrogens is 238 g/mol. The first-order valence-electron chi connectivity index (χ1n) is 5.79. The van der Waals surface area contributed by atoms with Crippen LogP contribution in [-0.4, -0.2) is 19.9 Å². The first-order valence-corrected chi connectivity index (χ1v) is 5.79. The van der Waals surface area contributed by atoms with Crippen molar-refractivity contribution >= 4 is 5.82 Å². The van der Waals surface area contributed by atoms with Gasteiger partial charge >= 0.3 is 0 Å². The minimum absolute atomic E-state index is 0.412. The smallest absolute Gasteiger partial charge is 0.182 e. The summed E-state index contributed by atoms with van der Waals surface area (Å²) in [4.78, 5) is 16.9. The molecular formula is C14H11N5. The maximum absolute atomic E-state index is 5.83. The Balaban J connectivity index is 2.12. The summed E-state index contributed by atoms with van der Waals surface area (Å²) in [5.74, 6) is 0.890. The van der Waals surface area contributed by atoms with Crippen LogP contribution >= 0.6 is 0 Å². The Morgan fingerprint density at radius 2 is 1.74 bits per heavy atom. The number of nitrogens with two attached hydrogens (primary N) is 1. The van der Waals surface area contributed by atoms with Gasteiger partial charge in [0.2, 0.25) is 0 Å². The second-order valence-corrected chi connectivity index (χ2v) is 3.96. The third-order valence-electron chi connectivity index (χ3n) is 2.61. The molecule has 1 aromatic carbocycles. The quantitative estimate of drug-likeness (QED) is 0.753. The van der Waals surface area contributed by atoms with Gasteiger partial charge in [-0.05, 0) is 0 Å². The molecule has 5 nitrogen and oxygen atoms in total. The molecule has 0 aliphatic carbocycles. The van der Waals surface area contributed by atoms with Crippen LogP contribution in [0.3, 0.4) is 0 Å². The zero-order valence-corrected chi connectivity index (χ0v) is 10.1. The topological polar surface area (TPSA) is 77.6 Å². The van der Waals surface area contributed by atoms with Crippen molar-refractivity contribution in [2.24, 2.45) is 0 Å². The van der Waals surface area contributed by atoms with Crippen LogP contribution in [0.2, 0.25) is 0 Å². The average molecular weight is 249 g/mol. The molecule has 0 aliphatic heterocycles. The van der Waals surface area contributed by atoms with Gasteiger partial charge in [-0.2, -0.15) is 0 Å². The number of rotatable bonds is 2. The summed E-state index contributed by atoms with van der Waals surface area (Å²) < 4.78 is 0. The van der Waals surface area contributed by atoms with Gasteiger partial charge in [0.25, 0.3) is 0 Å². The molecule has 19 heavy (non-hydrogen) atoms. The van der Waals surface area contributed by atoms with Crippen molar-refractivity contribution in [2.45, 2.75) is 0 Å². The number of aromatic nitrogens is 4. The molecule has 3 rings (SSSR count). The minimum Gasteiger partial charge on any atom is -0.384 e. The van der Waals surface area contributed by atoms with Crippen LogP contribution in [-0.2, 0) is 0 Å². The molecule has 0 radical (unpaired) electrons. The molecule has 0 amide bonds. The molecule has 0 spiro atoms. The van der Waals surface area contributed by atoms with Crippen molar-refractivity contribution in [3.63, 3.8) is 0 Å². The Kier molecular flexibility index (Phi) is 2.86. The lowest BCUT2D eigenvalue weighted by molar-refractivity contribution is 1.12. The molecule has 3 aromatic rings. The molecule has 0 fully saturated rings. The Morgan fingerprint density at radius 3 is 2.47 bits per heavy atom. The molecule has 0 aliphatic rings. The van der Waals surface area contributed by atoms with Crippen LogP contribution < -0.4 is 5.73 Å². The number of anilines is 1. The Morgan fingerprint density at radius 1 is 0.895 bits per heavy atom. The highest BCUT2D eigenvalue weighted by atomic mass is 15.0. The molecule has 0 saturated heterocycles. The maximum Gasteiger partial charge on any atom is 0.182 e. The Labute approximate surface area is 110 Å². The fraction of sp³-hybridized carbons (Fsp3) is 0. The number of hydrogen-bond donors (Lipinski definition) is 1. The summed E-state index contributed by atoms with van der Waals surface area (Å²) in [6, 6.07) is 11.6. The second-order valence-electron chi connectivity index (χ2n) is 3.96. The summed E-state index contributed by atoms with van der Waals surface area (Å²) in [5.41, 5.74) is 8.20. The van der Waals surface area contributed by atoms with E-state index < -0.39 is 0 Å². The summed E-state index contributed by atoms with van der Waals surface area (Å²) in [5, 5.41) is 0. The largest absolute Gasteiger partial charge is 0.384 e. The van der Waals surface area contributed by atoms with Gasteiger partial charge in [0.15, 0.2) is 5.82 Å². The molecule has 0 saturated carbocycles. The Bertz CT molecular complexity index is 625. The summed E-state index contributed by atoms with van der Waals surface area (Å²) >= 11 is 0. The van der Waals surface area contributed by atoms with E-state index in [0.29, 0.717) is 17.3 Å². The van der Waals surface area contributed by atoms with Crippen LogP contribution in [0.1, 0.15) is 0 Å². The van der Waals surface area contributed by atoms with Gasteiger partial charge in [-0.25, -0.2) is 15.0 Å². The summed E-state index contributed by atoms with van der Waals surface area (Å²) in [6.07, 6.45) is 4.82. The normalized spacial score (nSPS) is 10.3. The van der Waals surface area contributed by atoms with Crippen LogP contribution in [0, 0.1) is 0 Å². The highest BCUT2D eigenvalue weighted by Gasteiger charge is 2.07. The molecule has 2 aromatic heterocycles. The van der Waals surface area contributed by atoms with E-state index in [1.165, 1.54) is 0 Å². The molecule has 2 heterocycles. The predicted octanol–water partition coefficient (Wildman–Crippen LogP) is 2.18. The highest BCUT2D eigenvalue weighted by molar-refractivity contribution is 5.65. The summed E-state index contributed by atoms with van der Waals surface area (Å²) in [6.45, 7) is 0. The zero-order valence-electron chi connectivity index (χ0n) is 10.1. The van der Waals surface area contributed by atoms with Gasteiger partial charge in [-0.15, -0.1) is 0 Å². The molecule has 2 N–H and O–H groups in total. The lowest BCUT2D eigenvalue weighted by Gasteiger charge is -2.05.